The monoisotopic (exact) mass is 407 g/mol. The second-order valence-electron chi connectivity index (χ2n) is 7.10. The maximum Gasteiger partial charge on any atom is 0.255 e. The molecule has 1 aromatic heterocycles. The van der Waals surface area contributed by atoms with Crippen LogP contribution in [0.5, 0.6) is 11.5 Å². The van der Waals surface area contributed by atoms with Gasteiger partial charge in [-0.1, -0.05) is 44.0 Å². The number of ether oxygens (including phenoxy) is 1. The number of pyridine rings is 1. The average Bonchev–Trinajstić information content (AvgIpc) is 2.73. The third kappa shape index (κ3) is 6.04. The molecule has 156 valence electrons. The Morgan fingerprint density at radius 1 is 1.03 bits per heavy atom. The molecule has 3 rings (SSSR count). The normalized spacial score (nSPS) is 10.6. The molecule has 0 fully saturated rings. The lowest BCUT2D eigenvalue weighted by Crippen LogP contribution is -2.24. The summed E-state index contributed by atoms with van der Waals surface area (Å²) in [4.78, 5) is 15.7. The Hall–Kier alpha value is -3.41. The summed E-state index contributed by atoms with van der Waals surface area (Å²) in [7, 11) is 0. The van der Waals surface area contributed by atoms with E-state index in [-0.39, 0.29) is 11.4 Å². The van der Waals surface area contributed by atoms with Crippen LogP contribution >= 0.6 is 0 Å². The number of nitrogens with two attached hydrogens (primary N) is 1. The molecule has 0 aliphatic heterocycles. The Bertz CT molecular complexity index is 990. The molecule has 6 heteroatoms. The fraction of sp³-hybridized carbons (Fsp3) is 0.250. The number of amides is 1. The minimum Gasteiger partial charge on any atom is -0.457 e. The van der Waals surface area contributed by atoms with Crippen LogP contribution in [-0.4, -0.2) is 10.9 Å². The van der Waals surface area contributed by atoms with Crippen LogP contribution in [0.3, 0.4) is 0 Å². The van der Waals surface area contributed by atoms with Gasteiger partial charge in [0.25, 0.3) is 5.91 Å². The van der Waals surface area contributed by atoms with Crippen LogP contribution in [0, 0.1) is 5.95 Å². The molecule has 30 heavy (non-hydrogen) atoms. The first-order chi connectivity index (χ1) is 14.5. The number of benzene rings is 2. The number of halogens is 1. The number of aromatic nitrogens is 1. The largest absolute Gasteiger partial charge is 0.457 e. The van der Waals surface area contributed by atoms with E-state index in [1.807, 2.05) is 36.4 Å². The van der Waals surface area contributed by atoms with Crippen LogP contribution in [0.2, 0.25) is 0 Å². The van der Waals surface area contributed by atoms with Gasteiger partial charge in [0.15, 0.2) is 0 Å². The second kappa shape index (κ2) is 10.4. The zero-order valence-electron chi connectivity index (χ0n) is 17.0. The van der Waals surface area contributed by atoms with E-state index in [4.69, 9.17) is 10.5 Å². The molecule has 1 amide bonds. The van der Waals surface area contributed by atoms with Crippen molar-refractivity contribution in [2.24, 2.45) is 0 Å². The Balaban J connectivity index is 1.55. The molecule has 0 spiro atoms. The van der Waals surface area contributed by atoms with Crippen LogP contribution < -0.4 is 15.8 Å². The Morgan fingerprint density at radius 3 is 2.57 bits per heavy atom. The topological polar surface area (TPSA) is 77.2 Å². The van der Waals surface area contributed by atoms with Crippen molar-refractivity contribution >= 4 is 11.7 Å². The first-order valence-corrected chi connectivity index (χ1v) is 10.1. The second-order valence-corrected chi connectivity index (χ2v) is 7.10. The minimum absolute atomic E-state index is 0.131. The SMILES string of the molecule is CCCCCc1cccc(Oc2ccc(CNC(=O)c3ccc(F)nc3N)cc2)c1. The van der Waals surface area contributed by atoms with Crippen LogP contribution in [0.25, 0.3) is 0 Å². The summed E-state index contributed by atoms with van der Waals surface area (Å²) in [6, 6.07) is 18.1. The Kier molecular flexibility index (Phi) is 7.38. The van der Waals surface area contributed by atoms with Gasteiger partial charge in [-0.2, -0.15) is 4.39 Å². The number of hydrogen-bond acceptors (Lipinski definition) is 4. The highest BCUT2D eigenvalue weighted by molar-refractivity contribution is 5.98. The van der Waals surface area contributed by atoms with Crippen molar-refractivity contribution in [1.29, 1.82) is 0 Å². The number of hydrogen-bond donors (Lipinski definition) is 2. The maximum absolute atomic E-state index is 13.0. The molecule has 5 nitrogen and oxygen atoms in total. The lowest BCUT2D eigenvalue weighted by Gasteiger charge is -2.10. The van der Waals surface area contributed by atoms with Gasteiger partial charge in [-0.3, -0.25) is 4.79 Å². The third-order valence-electron chi connectivity index (χ3n) is 4.71. The van der Waals surface area contributed by atoms with E-state index in [2.05, 4.69) is 29.4 Å². The molecule has 0 unspecified atom stereocenters. The molecule has 1 heterocycles. The van der Waals surface area contributed by atoms with Crippen molar-refractivity contribution in [3.05, 3.63) is 83.3 Å². The van der Waals surface area contributed by atoms with Gasteiger partial charge in [-0.05, 0) is 60.4 Å². The van der Waals surface area contributed by atoms with Crippen LogP contribution in [0.1, 0.15) is 47.7 Å². The molecule has 2 aromatic carbocycles. The van der Waals surface area contributed by atoms with E-state index in [0.717, 1.165) is 29.5 Å². The summed E-state index contributed by atoms with van der Waals surface area (Å²) in [5, 5.41) is 2.75. The number of aryl methyl sites for hydroxylation is 1. The molecule has 0 saturated carbocycles. The zero-order valence-corrected chi connectivity index (χ0v) is 17.0. The summed E-state index contributed by atoms with van der Waals surface area (Å²) >= 11 is 0. The van der Waals surface area contributed by atoms with Gasteiger partial charge in [0, 0.05) is 6.54 Å². The maximum atomic E-state index is 13.0. The number of unbranched alkanes of at least 4 members (excludes halogenated alkanes) is 2. The summed E-state index contributed by atoms with van der Waals surface area (Å²) in [6.07, 6.45) is 4.67. The fourth-order valence-electron chi connectivity index (χ4n) is 3.07. The summed E-state index contributed by atoms with van der Waals surface area (Å²) < 4.78 is 19.0. The predicted molar refractivity (Wildman–Crippen MR) is 116 cm³/mol. The molecule has 0 bridgehead atoms. The van der Waals surface area contributed by atoms with E-state index < -0.39 is 11.9 Å². The smallest absolute Gasteiger partial charge is 0.255 e. The Labute approximate surface area is 176 Å². The van der Waals surface area contributed by atoms with Gasteiger partial charge in [-0.25, -0.2) is 4.98 Å². The average molecular weight is 407 g/mol. The molecule has 0 aliphatic carbocycles. The number of nitrogens with zero attached hydrogens (tertiary/aromatic N) is 1. The molecular weight excluding hydrogens is 381 g/mol. The first-order valence-electron chi connectivity index (χ1n) is 10.1. The van der Waals surface area contributed by atoms with Crippen LogP contribution in [0.15, 0.2) is 60.7 Å². The molecule has 0 aliphatic rings. The van der Waals surface area contributed by atoms with Crippen molar-refractivity contribution < 1.29 is 13.9 Å². The Morgan fingerprint density at radius 2 is 1.83 bits per heavy atom. The molecule has 0 saturated heterocycles. The number of rotatable bonds is 9. The minimum atomic E-state index is -0.717. The number of nitrogens with one attached hydrogen (secondary N) is 1. The first kappa shape index (κ1) is 21.3. The molecular formula is C24H26FN3O2. The standard InChI is InChI=1S/C24H26FN3O2/c1-2-3-4-6-17-7-5-8-20(15-17)30-19-11-9-18(10-12-19)16-27-24(29)21-13-14-22(25)28-23(21)26/h5,7-15H,2-4,6,16H2,1H3,(H2,26,28)(H,27,29). The van der Waals surface area contributed by atoms with Gasteiger partial charge >= 0.3 is 0 Å². The molecule has 0 radical (unpaired) electrons. The highest BCUT2D eigenvalue weighted by Crippen LogP contribution is 2.23. The quantitative estimate of drug-likeness (QED) is 0.375. The summed E-state index contributed by atoms with van der Waals surface area (Å²) in [5.74, 6) is 0.284. The van der Waals surface area contributed by atoms with Crippen LogP contribution in [0.4, 0.5) is 10.2 Å². The van der Waals surface area contributed by atoms with E-state index >= 15 is 0 Å². The van der Waals surface area contributed by atoms with Gasteiger partial charge in [0.05, 0.1) is 5.56 Å². The van der Waals surface area contributed by atoms with Crippen molar-refractivity contribution in [1.82, 2.24) is 10.3 Å². The number of carbonyl (C=O) groups is 1. The third-order valence-corrected chi connectivity index (χ3v) is 4.71. The lowest BCUT2D eigenvalue weighted by molar-refractivity contribution is 0.0951. The highest BCUT2D eigenvalue weighted by atomic mass is 19.1. The number of nitrogen functional groups attached to an aromatic ring is 1. The van der Waals surface area contributed by atoms with Gasteiger partial charge in [0.2, 0.25) is 5.95 Å². The van der Waals surface area contributed by atoms with Gasteiger partial charge in [-0.15, -0.1) is 0 Å². The van der Waals surface area contributed by atoms with E-state index in [9.17, 15) is 9.18 Å². The highest BCUT2D eigenvalue weighted by Gasteiger charge is 2.11. The lowest BCUT2D eigenvalue weighted by atomic mass is 10.1. The van der Waals surface area contributed by atoms with E-state index in [1.54, 1.807) is 0 Å². The molecule has 3 N–H and O–H groups in total. The van der Waals surface area contributed by atoms with Crippen molar-refractivity contribution in [3.8, 4) is 11.5 Å². The van der Waals surface area contributed by atoms with E-state index in [1.165, 1.54) is 30.9 Å². The van der Waals surface area contributed by atoms with Crippen molar-refractivity contribution in [2.75, 3.05) is 5.73 Å². The zero-order chi connectivity index (χ0) is 21.3. The van der Waals surface area contributed by atoms with Crippen molar-refractivity contribution in [2.45, 2.75) is 39.2 Å². The summed E-state index contributed by atoms with van der Waals surface area (Å²) in [6.45, 7) is 2.51. The predicted octanol–water partition coefficient (Wildman–Crippen LogP) is 5.26. The summed E-state index contributed by atoms with van der Waals surface area (Å²) in [5.41, 5.74) is 7.92. The van der Waals surface area contributed by atoms with E-state index in [0.29, 0.717) is 6.54 Å². The number of carbonyl (C=O) groups excluding carboxylic acids is 1. The van der Waals surface area contributed by atoms with Gasteiger partial charge < -0.3 is 15.8 Å². The molecule has 0 atom stereocenters. The fourth-order valence-corrected chi connectivity index (χ4v) is 3.07. The number of anilines is 1. The van der Waals surface area contributed by atoms with Crippen molar-refractivity contribution in [3.63, 3.8) is 0 Å². The van der Waals surface area contributed by atoms with Crippen LogP contribution in [-0.2, 0) is 13.0 Å². The molecule has 3 aromatic rings. The van der Waals surface area contributed by atoms with Gasteiger partial charge in [0.1, 0.15) is 17.3 Å².